The molecule has 2 aliphatic heterocycles. The van der Waals surface area contributed by atoms with Crippen LogP contribution in [0.2, 0.25) is 5.02 Å². The predicted octanol–water partition coefficient (Wildman–Crippen LogP) is 5.49. The Morgan fingerprint density at radius 3 is 2.62 bits per heavy atom. The summed E-state index contributed by atoms with van der Waals surface area (Å²) in [6, 6.07) is 22.6. The van der Waals surface area contributed by atoms with Crippen LogP contribution < -0.4 is 4.74 Å². The molecular formula is C22H16ClN3O3. The number of nitro groups is 1. The monoisotopic (exact) mass is 405 g/mol. The zero-order valence-electron chi connectivity index (χ0n) is 15.2. The molecule has 0 aromatic heterocycles. The minimum absolute atomic E-state index is 0.00473. The molecule has 6 nitrogen and oxygen atoms in total. The Hall–Kier alpha value is -3.38. The van der Waals surface area contributed by atoms with Crippen LogP contribution in [0.25, 0.3) is 0 Å². The van der Waals surface area contributed by atoms with Gasteiger partial charge in [-0.3, -0.25) is 10.1 Å². The van der Waals surface area contributed by atoms with Crippen LogP contribution >= 0.6 is 11.6 Å². The van der Waals surface area contributed by atoms with E-state index in [0.29, 0.717) is 5.56 Å². The van der Waals surface area contributed by atoms with Crippen LogP contribution in [0.4, 0.5) is 5.69 Å². The third kappa shape index (κ3) is 3.02. The third-order valence-electron chi connectivity index (χ3n) is 5.26. The predicted molar refractivity (Wildman–Crippen MR) is 110 cm³/mol. The third-order valence-corrected chi connectivity index (χ3v) is 5.58. The van der Waals surface area contributed by atoms with Gasteiger partial charge < -0.3 is 4.74 Å². The van der Waals surface area contributed by atoms with Crippen molar-refractivity contribution in [2.45, 2.75) is 18.7 Å². The number of nitro benzene ring substituents is 1. The summed E-state index contributed by atoms with van der Waals surface area (Å²) in [7, 11) is 0. The number of benzene rings is 3. The lowest BCUT2D eigenvalue weighted by Crippen LogP contribution is -2.33. The Bertz CT molecular complexity index is 1130. The molecule has 0 N–H and O–H groups in total. The molecule has 5 rings (SSSR count). The minimum Gasteiger partial charge on any atom is -0.464 e. The summed E-state index contributed by atoms with van der Waals surface area (Å²) in [4.78, 5) is 10.9. The molecule has 0 bridgehead atoms. The highest BCUT2D eigenvalue weighted by molar-refractivity contribution is 6.32. The normalized spacial score (nSPS) is 19.8. The van der Waals surface area contributed by atoms with Gasteiger partial charge in [-0.05, 0) is 17.7 Å². The van der Waals surface area contributed by atoms with Gasteiger partial charge in [0, 0.05) is 23.6 Å². The standard InChI is InChI=1S/C22H16ClN3O3/c23-17-11-10-15(12-20(17)26(27)28)22-25-19(16-8-4-5-9-21(16)29-22)13-18(24-25)14-6-2-1-3-7-14/h1-12,19,22H,13H2/t19-,22-/m1/s1. The number of rotatable bonds is 3. The van der Waals surface area contributed by atoms with Crippen LogP contribution in [0.1, 0.15) is 35.4 Å². The molecule has 2 atom stereocenters. The summed E-state index contributed by atoms with van der Waals surface area (Å²) in [5, 5.41) is 18.2. The summed E-state index contributed by atoms with van der Waals surface area (Å²) < 4.78 is 6.24. The Balaban J connectivity index is 1.61. The topological polar surface area (TPSA) is 68.0 Å². The van der Waals surface area contributed by atoms with Crippen molar-refractivity contribution in [3.63, 3.8) is 0 Å². The highest BCUT2D eigenvalue weighted by Gasteiger charge is 2.41. The van der Waals surface area contributed by atoms with E-state index in [-0.39, 0.29) is 16.8 Å². The van der Waals surface area contributed by atoms with E-state index in [1.807, 2.05) is 59.6 Å². The van der Waals surface area contributed by atoms with Gasteiger partial charge in [0.1, 0.15) is 10.8 Å². The van der Waals surface area contributed by atoms with Crippen molar-refractivity contribution in [1.82, 2.24) is 5.01 Å². The van der Waals surface area contributed by atoms with Crippen molar-refractivity contribution < 1.29 is 9.66 Å². The van der Waals surface area contributed by atoms with E-state index in [9.17, 15) is 10.1 Å². The van der Waals surface area contributed by atoms with Gasteiger partial charge in [-0.1, -0.05) is 66.2 Å². The van der Waals surface area contributed by atoms with Crippen molar-refractivity contribution >= 4 is 23.0 Å². The van der Waals surface area contributed by atoms with E-state index in [1.165, 1.54) is 12.1 Å². The number of hydrogen-bond acceptors (Lipinski definition) is 5. The molecule has 0 spiro atoms. The molecular weight excluding hydrogens is 390 g/mol. The molecule has 0 amide bonds. The second-order valence-corrected chi connectivity index (χ2v) is 7.40. The first-order valence-corrected chi connectivity index (χ1v) is 9.60. The number of hydrazone groups is 1. The van der Waals surface area contributed by atoms with Crippen LogP contribution in [0, 0.1) is 10.1 Å². The van der Waals surface area contributed by atoms with E-state index in [0.717, 1.165) is 29.0 Å². The Morgan fingerprint density at radius 1 is 1.07 bits per heavy atom. The second-order valence-electron chi connectivity index (χ2n) is 6.99. The molecule has 2 heterocycles. The lowest BCUT2D eigenvalue weighted by molar-refractivity contribution is -0.384. The number of ether oxygens (including phenoxy) is 1. The van der Waals surface area contributed by atoms with Crippen LogP contribution in [0.5, 0.6) is 5.75 Å². The van der Waals surface area contributed by atoms with Crippen molar-refractivity contribution in [3.05, 3.63) is 105 Å². The Kier molecular flexibility index (Phi) is 4.21. The summed E-state index contributed by atoms with van der Waals surface area (Å²) >= 11 is 6.00. The van der Waals surface area contributed by atoms with Gasteiger partial charge >= 0.3 is 0 Å². The number of fused-ring (bicyclic) bond motifs is 3. The maximum absolute atomic E-state index is 11.4. The highest BCUT2D eigenvalue weighted by atomic mass is 35.5. The van der Waals surface area contributed by atoms with E-state index >= 15 is 0 Å². The molecule has 2 aliphatic rings. The average molecular weight is 406 g/mol. The summed E-state index contributed by atoms with van der Waals surface area (Å²) in [6.45, 7) is 0. The van der Waals surface area contributed by atoms with Gasteiger partial charge in [0.2, 0.25) is 6.23 Å². The fourth-order valence-electron chi connectivity index (χ4n) is 3.88. The van der Waals surface area contributed by atoms with Crippen LogP contribution in [-0.2, 0) is 0 Å². The Labute approximate surface area is 172 Å². The second kappa shape index (κ2) is 6.90. The molecule has 0 aliphatic carbocycles. The zero-order valence-corrected chi connectivity index (χ0v) is 16.0. The van der Waals surface area contributed by atoms with Crippen molar-refractivity contribution in [2.24, 2.45) is 5.10 Å². The van der Waals surface area contributed by atoms with E-state index in [2.05, 4.69) is 0 Å². The van der Waals surface area contributed by atoms with Crippen LogP contribution in [0.3, 0.4) is 0 Å². The smallest absolute Gasteiger partial charge is 0.288 e. The van der Waals surface area contributed by atoms with Gasteiger partial charge in [-0.25, -0.2) is 5.01 Å². The molecule has 29 heavy (non-hydrogen) atoms. The Morgan fingerprint density at radius 2 is 1.83 bits per heavy atom. The quantitative estimate of drug-likeness (QED) is 0.426. The largest absolute Gasteiger partial charge is 0.464 e. The van der Waals surface area contributed by atoms with Crippen molar-refractivity contribution in [2.75, 3.05) is 0 Å². The lowest BCUT2D eigenvalue weighted by atomic mass is 9.96. The first-order chi connectivity index (χ1) is 14.1. The van der Waals surface area contributed by atoms with E-state index in [1.54, 1.807) is 6.07 Å². The van der Waals surface area contributed by atoms with Crippen molar-refractivity contribution in [1.29, 1.82) is 0 Å². The number of nitrogens with zero attached hydrogens (tertiary/aromatic N) is 3. The first kappa shape index (κ1) is 17.7. The maximum Gasteiger partial charge on any atom is 0.288 e. The number of halogens is 1. The van der Waals surface area contributed by atoms with E-state index < -0.39 is 11.2 Å². The lowest BCUT2D eigenvalue weighted by Gasteiger charge is -2.38. The molecule has 0 unspecified atom stereocenters. The van der Waals surface area contributed by atoms with Gasteiger partial charge in [0.05, 0.1) is 16.7 Å². The summed E-state index contributed by atoms with van der Waals surface area (Å²) in [5.41, 5.74) is 3.57. The SMILES string of the molecule is O=[N+]([O-])c1cc([C@H]2Oc3ccccc3[C@H]3CC(c4ccccc4)=NN32)ccc1Cl. The van der Waals surface area contributed by atoms with Gasteiger partial charge in [-0.15, -0.1) is 0 Å². The molecule has 0 saturated heterocycles. The maximum atomic E-state index is 11.4. The molecule has 0 radical (unpaired) electrons. The molecule has 7 heteroatoms. The minimum atomic E-state index is -0.577. The molecule has 3 aromatic carbocycles. The van der Waals surface area contributed by atoms with Crippen molar-refractivity contribution in [3.8, 4) is 5.75 Å². The summed E-state index contributed by atoms with van der Waals surface area (Å²) in [5.74, 6) is 0.765. The first-order valence-electron chi connectivity index (χ1n) is 9.22. The molecule has 3 aromatic rings. The zero-order chi connectivity index (χ0) is 20.0. The molecule has 144 valence electrons. The van der Waals surface area contributed by atoms with Crippen LogP contribution in [-0.4, -0.2) is 15.6 Å². The van der Waals surface area contributed by atoms with Gasteiger partial charge in [0.25, 0.3) is 5.69 Å². The van der Waals surface area contributed by atoms with Gasteiger partial charge in [0.15, 0.2) is 0 Å². The summed E-state index contributed by atoms with van der Waals surface area (Å²) in [6.07, 6.45) is 0.156. The van der Waals surface area contributed by atoms with Gasteiger partial charge in [-0.2, -0.15) is 5.10 Å². The highest BCUT2D eigenvalue weighted by Crippen LogP contribution is 2.47. The van der Waals surface area contributed by atoms with Crippen LogP contribution in [0.15, 0.2) is 77.9 Å². The average Bonchev–Trinajstić information content (AvgIpc) is 3.20. The fourth-order valence-corrected chi connectivity index (χ4v) is 4.07. The number of hydrogen-bond donors (Lipinski definition) is 0. The van der Waals surface area contributed by atoms with E-state index in [4.69, 9.17) is 21.4 Å². The molecule has 0 saturated carbocycles. The molecule has 0 fully saturated rings. The number of para-hydroxylation sites is 1. The fraction of sp³-hybridized carbons (Fsp3) is 0.136.